The zero-order valence-corrected chi connectivity index (χ0v) is 13.8. The standard InChI is InChI=1S/C19H30N2/c1-4-11-20-19-17-8-6-5-7-15(17)9-10-18(19)21(3)13-16-12-14(16)2/h5-8,14,16,18-20H,4,9-13H2,1-3H3. The van der Waals surface area contributed by atoms with Gasteiger partial charge in [-0.05, 0) is 62.2 Å². The fourth-order valence-corrected chi connectivity index (χ4v) is 3.92. The number of hydrogen-bond acceptors (Lipinski definition) is 2. The van der Waals surface area contributed by atoms with Crippen LogP contribution in [0.3, 0.4) is 0 Å². The van der Waals surface area contributed by atoms with E-state index in [1.807, 2.05) is 0 Å². The molecule has 1 aromatic rings. The Bertz CT molecular complexity index is 470. The van der Waals surface area contributed by atoms with E-state index in [1.54, 1.807) is 5.56 Å². The predicted molar refractivity (Wildman–Crippen MR) is 89.5 cm³/mol. The summed E-state index contributed by atoms with van der Waals surface area (Å²) in [6.07, 6.45) is 5.15. The Balaban J connectivity index is 1.75. The molecule has 2 heteroatoms. The van der Waals surface area contributed by atoms with Crippen LogP contribution in [-0.2, 0) is 6.42 Å². The number of rotatable bonds is 6. The van der Waals surface area contributed by atoms with Crippen molar-refractivity contribution in [1.29, 1.82) is 0 Å². The van der Waals surface area contributed by atoms with E-state index in [1.165, 1.54) is 37.8 Å². The van der Waals surface area contributed by atoms with Crippen LogP contribution in [0.15, 0.2) is 24.3 Å². The summed E-state index contributed by atoms with van der Waals surface area (Å²) in [4.78, 5) is 2.64. The van der Waals surface area contributed by atoms with Crippen molar-refractivity contribution < 1.29 is 0 Å². The van der Waals surface area contributed by atoms with Crippen LogP contribution in [0.4, 0.5) is 0 Å². The molecular weight excluding hydrogens is 256 g/mol. The molecular formula is C19H30N2. The van der Waals surface area contributed by atoms with Crippen LogP contribution in [0.1, 0.15) is 50.3 Å². The summed E-state index contributed by atoms with van der Waals surface area (Å²) in [7, 11) is 2.34. The highest BCUT2D eigenvalue weighted by Crippen LogP contribution is 2.40. The van der Waals surface area contributed by atoms with Gasteiger partial charge in [0.25, 0.3) is 0 Å². The number of fused-ring (bicyclic) bond motifs is 1. The molecule has 2 aliphatic carbocycles. The van der Waals surface area contributed by atoms with E-state index in [4.69, 9.17) is 0 Å². The van der Waals surface area contributed by atoms with Crippen LogP contribution in [0.25, 0.3) is 0 Å². The highest BCUT2D eigenvalue weighted by molar-refractivity contribution is 5.34. The van der Waals surface area contributed by atoms with Crippen LogP contribution >= 0.6 is 0 Å². The average Bonchev–Trinajstić information content (AvgIpc) is 3.19. The van der Waals surface area contributed by atoms with E-state index in [9.17, 15) is 0 Å². The van der Waals surface area contributed by atoms with Crippen molar-refractivity contribution in [3.63, 3.8) is 0 Å². The minimum Gasteiger partial charge on any atom is -0.309 e. The monoisotopic (exact) mass is 286 g/mol. The fourth-order valence-electron chi connectivity index (χ4n) is 3.92. The molecule has 21 heavy (non-hydrogen) atoms. The Hall–Kier alpha value is -0.860. The second-order valence-corrected chi connectivity index (χ2v) is 7.15. The van der Waals surface area contributed by atoms with Crippen molar-refractivity contribution in [3.05, 3.63) is 35.4 Å². The molecule has 1 N–H and O–H groups in total. The molecule has 4 atom stereocenters. The van der Waals surface area contributed by atoms with Crippen molar-refractivity contribution in [2.24, 2.45) is 11.8 Å². The summed E-state index contributed by atoms with van der Waals surface area (Å²) in [5.74, 6) is 1.89. The van der Waals surface area contributed by atoms with Gasteiger partial charge in [-0.1, -0.05) is 38.1 Å². The van der Waals surface area contributed by atoms with E-state index in [-0.39, 0.29) is 0 Å². The molecule has 0 spiro atoms. The van der Waals surface area contributed by atoms with Gasteiger partial charge in [0.2, 0.25) is 0 Å². The lowest BCUT2D eigenvalue weighted by atomic mass is 9.83. The molecule has 2 aliphatic rings. The predicted octanol–water partition coefficient (Wildman–Crippen LogP) is 3.63. The molecule has 1 saturated carbocycles. The van der Waals surface area contributed by atoms with Gasteiger partial charge in [-0.15, -0.1) is 0 Å². The minimum absolute atomic E-state index is 0.508. The van der Waals surface area contributed by atoms with Gasteiger partial charge in [-0.3, -0.25) is 0 Å². The highest BCUT2D eigenvalue weighted by Gasteiger charge is 2.37. The van der Waals surface area contributed by atoms with Crippen LogP contribution < -0.4 is 5.32 Å². The summed E-state index contributed by atoms with van der Waals surface area (Å²) < 4.78 is 0. The molecule has 0 bridgehead atoms. The Morgan fingerprint density at radius 3 is 2.76 bits per heavy atom. The topological polar surface area (TPSA) is 15.3 Å². The maximum absolute atomic E-state index is 3.82. The molecule has 0 heterocycles. The van der Waals surface area contributed by atoms with Crippen LogP contribution in [-0.4, -0.2) is 31.1 Å². The second kappa shape index (κ2) is 6.50. The third kappa shape index (κ3) is 3.32. The number of likely N-dealkylation sites (N-methyl/N-ethyl adjacent to an activating group) is 1. The first kappa shape index (κ1) is 15.1. The number of nitrogens with one attached hydrogen (secondary N) is 1. The molecule has 0 aromatic heterocycles. The largest absolute Gasteiger partial charge is 0.309 e. The highest BCUT2D eigenvalue weighted by atomic mass is 15.2. The van der Waals surface area contributed by atoms with Gasteiger partial charge < -0.3 is 10.2 Å². The van der Waals surface area contributed by atoms with E-state index >= 15 is 0 Å². The maximum atomic E-state index is 3.82. The Morgan fingerprint density at radius 2 is 2.05 bits per heavy atom. The van der Waals surface area contributed by atoms with Crippen LogP contribution in [0.2, 0.25) is 0 Å². The van der Waals surface area contributed by atoms with Gasteiger partial charge in [0.15, 0.2) is 0 Å². The Labute approximate surface area is 129 Å². The minimum atomic E-state index is 0.508. The molecule has 1 aromatic carbocycles. The summed E-state index contributed by atoms with van der Waals surface area (Å²) in [5.41, 5.74) is 3.09. The van der Waals surface area contributed by atoms with Crippen molar-refractivity contribution in [2.75, 3.05) is 20.1 Å². The van der Waals surface area contributed by atoms with Gasteiger partial charge in [0.05, 0.1) is 0 Å². The first-order valence-corrected chi connectivity index (χ1v) is 8.72. The second-order valence-electron chi connectivity index (χ2n) is 7.15. The molecule has 0 aliphatic heterocycles. The molecule has 0 radical (unpaired) electrons. The SMILES string of the molecule is CCCNC1c2ccccc2CCC1N(C)CC1CC1C. The summed E-state index contributed by atoms with van der Waals surface area (Å²) in [5, 5.41) is 3.82. The quantitative estimate of drug-likeness (QED) is 0.859. The maximum Gasteiger partial charge on any atom is 0.0480 e. The lowest BCUT2D eigenvalue weighted by molar-refractivity contribution is 0.165. The average molecular weight is 286 g/mol. The molecule has 4 unspecified atom stereocenters. The zero-order valence-electron chi connectivity index (χ0n) is 13.8. The first-order chi connectivity index (χ1) is 10.2. The molecule has 3 rings (SSSR count). The fraction of sp³-hybridized carbons (Fsp3) is 0.684. The number of hydrogen-bond donors (Lipinski definition) is 1. The summed E-state index contributed by atoms with van der Waals surface area (Å²) in [6.45, 7) is 7.04. The van der Waals surface area contributed by atoms with Crippen LogP contribution in [0.5, 0.6) is 0 Å². The van der Waals surface area contributed by atoms with E-state index < -0.39 is 0 Å². The molecule has 116 valence electrons. The Kier molecular flexibility index (Phi) is 4.66. The third-order valence-corrected chi connectivity index (χ3v) is 5.46. The van der Waals surface area contributed by atoms with E-state index in [0.29, 0.717) is 12.1 Å². The van der Waals surface area contributed by atoms with Crippen molar-refractivity contribution >= 4 is 0 Å². The lowest BCUT2D eigenvalue weighted by Crippen LogP contribution is -2.46. The van der Waals surface area contributed by atoms with E-state index in [0.717, 1.165) is 18.4 Å². The third-order valence-electron chi connectivity index (χ3n) is 5.46. The molecule has 1 fully saturated rings. The number of nitrogens with zero attached hydrogens (tertiary/aromatic N) is 1. The normalized spacial score (nSPS) is 31.2. The molecule has 0 amide bonds. The van der Waals surface area contributed by atoms with Crippen LogP contribution in [0, 0.1) is 11.8 Å². The van der Waals surface area contributed by atoms with E-state index in [2.05, 4.69) is 55.4 Å². The van der Waals surface area contributed by atoms with Gasteiger partial charge in [0.1, 0.15) is 0 Å². The number of benzene rings is 1. The smallest absolute Gasteiger partial charge is 0.0480 e. The van der Waals surface area contributed by atoms with Gasteiger partial charge >= 0.3 is 0 Å². The summed E-state index contributed by atoms with van der Waals surface area (Å²) in [6, 6.07) is 10.2. The summed E-state index contributed by atoms with van der Waals surface area (Å²) >= 11 is 0. The number of aryl methyl sites for hydroxylation is 1. The molecule has 0 saturated heterocycles. The van der Waals surface area contributed by atoms with Crippen molar-refractivity contribution in [3.8, 4) is 0 Å². The first-order valence-electron chi connectivity index (χ1n) is 8.72. The molecule has 2 nitrogen and oxygen atoms in total. The zero-order chi connectivity index (χ0) is 14.8. The van der Waals surface area contributed by atoms with Gasteiger partial charge in [-0.25, -0.2) is 0 Å². The van der Waals surface area contributed by atoms with Gasteiger partial charge in [-0.2, -0.15) is 0 Å². The van der Waals surface area contributed by atoms with Crippen molar-refractivity contribution in [2.45, 2.75) is 51.6 Å². The van der Waals surface area contributed by atoms with Gasteiger partial charge in [0, 0.05) is 18.6 Å². The lowest BCUT2D eigenvalue weighted by Gasteiger charge is -2.40. The van der Waals surface area contributed by atoms with Crippen molar-refractivity contribution in [1.82, 2.24) is 10.2 Å². The Morgan fingerprint density at radius 1 is 1.29 bits per heavy atom.